The molecule has 0 unspecified atom stereocenters. The number of carbonyl (C=O) groups excluding carboxylic acids is 2. The summed E-state index contributed by atoms with van der Waals surface area (Å²) in [6.07, 6.45) is 5.00. The number of hydrogen-bond donors (Lipinski definition) is 1. The van der Waals surface area contributed by atoms with Gasteiger partial charge in [0.05, 0.1) is 23.9 Å². The summed E-state index contributed by atoms with van der Waals surface area (Å²) in [6, 6.07) is 6.73. The monoisotopic (exact) mass is 343 g/mol. The number of likely N-dealkylation sites (tertiary alicyclic amines) is 1. The Morgan fingerprint density at radius 2 is 2.20 bits per heavy atom. The summed E-state index contributed by atoms with van der Waals surface area (Å²) in [7, 11) is 0. The molecule has 132 valence electrons. The number of rotatable bonds is 4. The van der Waals surface area contributed by atoms with Crippen molar-refractivity contribution < 1.29 is 14.3 Å². The summed E-state index contributed by atoms with van der Waals surface area (Å²) in [6.45, 7) is 3.25. The number of anilines is 1. The van der Waals surface area contributed by atoms with Gasteiger partial charge in [0.1, 0.15) is 12.7 Å². The van der Waals surface area contributed by atoms with E-state index in [0.717, 1.165) is 12.8 Å². The molecule has 1 aliphatic heterocycles. The molecular weight excluding hydrogens is 322 g/mol. The van der Waals surface area contributed by atoms with Crippen molar-refractivity contribution in [2.45, 2.75) is 25.8 Å². The Morgan fingerprint density at radius 1 is 1.36 bits per heavy atom. The van der Waals surface area contributed by atoms with Gasteiger partial charge in [-0.25, -0.2) is 19.3 Å². The number of ether oxygens (including phenoxy) is 1. The number of piperidine rings is 1. The average molecular weight is 343 g/mol. The maximum Gasteiger partial charge on any atom is 0.340 e. The third-order valence-electron chi connectivity index (χ3n) is 4.16. The van der Waals surface area contributed by atoms with E-state index in [-0.39, 0.29) is 18.7 Å². The molecule has 2 heterocycles. The molecule has 0 spiro atoms. The summed E-state index contributed by atoms with van der Waals surface area (Å²) < 4.78 is 6.82. The van der Waals surface area contributed by atoms with Crippen molar-refractivity contribution in [3.63, 3.8) is 0 Å². The molecule has 8 heteroatoms. The number of nitrogens with one attached hydrogen (secondary N) is 1. The number of urea groups is 1. The van der Waals surface area contributed by atoms with Gasteiger partial charge < -0.3 is 15.0 Å². The fraction of sp³-hybridized carbons (Fsp3) is 0.412. The fourth-order valence-electron chi connectivity index (χ4n) is 2.93. The number of para-hydroxylation sites is 1. The molecule has 8 nitrogen and oxygen atoms in total. The third-order valence-corrected chi connectivity index (χ3v) is 4.16. The van der Waals surface area contributed by atoms with Crippen LogP contribution in [-0.4, -0.2) is 51.4 Å². The van der Waals surface area contributed by atoms with E-state index in [4.69, 9.17) is 4.74 Å². The minimum atomic E-state index is -0.447. The maximum absolute atomic E-state index is 12.6. The van der Waals surface area contributed by atoms with E-state index in [2.05, 4.69) is 15.4 Å². The van der Waals surface area contributed by atoms with Gasteiger partial charge in [-0.05, 0) is 31.9 Å². The molecule has 1 aromatic heterocycles. The first kappa shape index (κ1) is 16.9. The van der Waals surface area contributed by atoms with Crippen molar-refractivity contribution >= 4 is 17.7 Å². The highest BCUT2D eigenvalue weighted by molar-refractivity contribution is 6.00. The average Bonchev–Trinajstić information content (AvgIpc) is 3.17. The highest BCUT2D eigenvalue weighted by atomic mass is 16.5. The van der Waals surface area contributed by atoms with E-state index >= 15 is 0 Å². The van der Waals surface area contributed by atoms with E-state index < -0.39 is 5.97 Å². The Labute approximate surface area is 145 Å². The van der Waals surface area contributed by atoms with Gasteiger partial charge in [0.15, 0.2) is 0 Å². The summed E-state index contributed by atoms with van der Waals surface area (Å²) >= 11 is 0. The van der Waals surface area contributed by atoms with Crippen LogP contribution in [0.15, 0.2) is 36.9 Å². The fourth-order valence-corrected chi connectivity index (χ4v) is 2.93. The van der Waals surface area contributed by atoms with Crippen LogP contribution in [-0.2, 0) is 4.74 Å². The van der Waals surface area contributed by atoms with E-state index in [1.165, 1.54) is 6.33 Å². The zero-order valence-corrected chi connectivity index (χ0v) is 14.1. The molecule has 1 aromatic carbocycles. The molecule has 2 aromatic rings. The van der Waals surface area contributed by atoms with Crippen LogP contribution in [0.3, 0.4) is 0 Å². The smallest absolute Gasteiger partial charge is 0.340 e. The summed E-state index contributed by atoms with van der Waals surface area (Å²) in [5.41, 5.74) is 0.802. The van der Waals surface area contributed by atoms with E-state index in [1.807, 2.05) is 0 Å². The van der Waals surface area contributed by atoms with Gasteiger partial charge in [-0.2, -0.15) is 5.10 Å². The van der Waals surface area contributed by atoms with Gasteiger partial charge in [-0.15, -0.1) is 0 Å². The van der Waals surface area contributed by atoms with Gasteiger partial charge in [0.25, 0.3) is 0 Å². The van der Waals surface area contributed by atoms with Gasteiger partial charge in [-0.1, -0.05) is 12.1 Å². The Kier molecular flexibility index (Phi) is 5.27. The number of amides is 2. The van der Waals surface area contributed by atoms with Crippen molar-refractivity contribution in [3.05, 3.63) is 42.5 Å². The lowest BCUT2D eigenvalue weighted by Gasteiger charge is -2.32. The summed E-state index contributed by atoms with van der Waals surface area (Å²) in [5.74, 6) is -0.447. The second-order valence-electron chi connectivity index (χ2n) is 5.81. The first-order valence-electron chi connectivity index (χ1n) is 8.35. The molecule has 0 radical (unpaired) electrons. The van der Waals surface area contributed by atoms with E-state index in [0.29, 0.717) is 24.3 Å². The quantitative estimate of drug-likeness (QED) is 0.861. The molecule has 2 amide bonds. The molecule has 1 aliphatic rings. The van der Waals surface area contributed by atoms with Crippen molar-refractivity contribution in [2.75, 3.05) is 25.0 Å². The Hall–Kier alpha value is -2.90. The Morgan fingerprint density at radius 3 is 2.96 bits per heavy atom. The van der Waals surface area contributed by atoms with Crippen LogP contribution in [0.4, 0.5) is 10.5 Å². The highest BCUT2D eigenvalue weighted by Crippen LogP contribution is 2.22. The molecule has 25 heavy (non-hydrogen) atoms. The second kappa shape index (κ2) is 7.78. The minimum Gasteiger partial charge on any atom is -0.462 e. The van der Waals surface area contributed by atoms with Gasteiger partial charge in [-0.3, -0.25) is 0 Å². The number of carbonyl (C=O) groups is 2. The number of aromatic nitrogens is 3. The van der Waals surface area contributed by atoms with Crippen molar-refractivity contribution in [2.24, 2.45) is 0 Å². The van der Waals surface area contributed by atoms with Crippen LogP contribution in [0.1, 0.15) is 36.2 Å². The van der Waals surface area contributed by atoms with Crippen LogP contribution < -0.4 is 5.32 Å². The topological polar surface area (TPSA) is 89.4 Å². The lowest BCUT2D eigenvalue weighted by atomic mass is 10.1. The number of hydrogen-bond acceptors (Lipinski definition) is 5. The standard InChI is InChI=1S/C17H21N5O3/c1-2-25-16(23)14-7-3-4-8-15(14)20-17(24)21-9-5-6-13(10-21)22-12-18-11-19-22/h3-4,7-8,11-13H,2,5-6,9-10H2,1H3,(H,20,24)/t13-/m1/s1. The summed E-state index contributed by atoms with van der Waals surface area (Å²) in [4.78, 5) is 30.4. The lowest BCUT2D eigenvalue weighted by Crippen LogP contribution is -2.43. The predicted molar refractivity (Wildman–Crippen MR) is 91.3 cm³/mol. The van der Waals surface area contributed by atoms with Gasteiger partial charge in [0.2, 0.25) is 0 Å². The number of benzene rings is 1. The molecule has 1 atom stereocenters. The second-order valence-corrected chi connectivity index (χ2v) is 5.81. The number of nitrogens with zero attached hydrogens (tertiary/aromatic N) is 4. The zero-order valence-electron chi connectivity index (χ0n) is 14.1. The molecule has 1 N–H and O–H groups in total. The van der Waals surface area contributed by atoms with E-state index in [1.54, 1.807) is 47.1 Å². The highest BCUT2D eigenvalue weighted by Gasteiger charge is 2.26. The largest absolute Gasteiger partial charge is 0.462 e. The zero-order chi connectivity index (χ0) is 17.6. The minimum absolute atomic E-state index is 0.113. The molecule has 0 saturated carbocycles. The molecule has 0 aliphatic carbocycles. The number of esters is 1. The van der Waals surface area contributed by atoms with Crippen LogP contribution in [0.5, 0.6) is 0 Å². The van der Waals surface area contributed by atoms with E-state index in [9.17, 15) is 9.59 Å². The Balaban J connectivity index is 1.69. The molecule has 3 rings (SSSR count). The summed E-state index contributed by atoms with van der Waals surface area (Å²) in [5, 5.41) is 6.99. The first-order valence-corrected chi connectivity index (χ1v) is 8.35. The molecular formula is C17H21N5O3. The molecule has 1 saturated heterocycles. The van der Waals surface area contributed by atoms with Gasteiger partial charge in [0, 0.05) is 13.1 Å². The SMILES string of the molecule is CCOC(=O)c1ccccc1NC(=O)N1CCC[C@@H](n2cncn2)C1. The van der Waals surface area contributed by atoms with Crippen LogP contribution in [0.25, 0.3) is 0 Å². The third kappa shape index (κ3) is 3.96. The van der Waals surface area contributed by atoms with Crippen LogP contribution in [0, 0.1) is 0 Å². The predicted octanol–water partition coefficient (Wildman–Crippen LogP) is 2.32. The normalized spacial score (nSPS) is 17.2. The van der Waals surface area contributed by atoms with Crippen molar-refractivity contribution in [1.82, 2.24) is 19.7 Å². The van der Waals surface area contributed by atoms with Crippen LogP contribution >= 0.6 is 0 Å². The molecule has 0 bridgehead atoms. The lowest BCUT2D eigenvalue weighted by molar-refractivity contribution is 0.0527. The van der Waals surface area contributed by atoms with Crippen LogP contribution in [0.2, 0.25) is 0 Å². The molecule has 1 fully saturated rings. The van der Waals surface area contributed by atoms with Gasteiger partial charge >= 0.3 is 12.0 Å². The first-order chi connectivity index (χ1) is 12.2. The van der Waals surface area contributed by atoms with Crippen molar-refractivity contribution in [3.8, 4) is 0 Å². The van der Waals surface area contributed by atoms with Crippen molar-refractivity contribution in [1.29, 1.82) is 0 Å². The Bertz CT molecular complexity index is 732. The maximum atomic E-state index is 12.6.